The standard InChI is InChI=1S/C14H22N2S/c1-16(2)13(14(10-15)8-9-14)11-4-6-12(17-3)7-5-11/h4-7,13H,8-10,15H2,1-3H3. The lowest BCUT2D eigenvalue weighted by atomic mass is 9.89. The second-order valence-corrected chi connectivity index (χ2v) is 6.09. The minimum Gasteiger partial charge on any atom is -0.330 e. The second kappa shape index (κ2) is 5.01. The molecule has 2 nitrogen and oxygen atoms in total. The van der Waals surface area contributed by atoms with E-state index >= 15 is 0 Å². The van der Waals surface area contributed by atoms with Crippen molar-refractivity contribution in [2.75, 3.05) is 26.9 Å². The molecule has 2 rings (SSSR count). The van der Waals surface area contributed by atoms with Crippen molar-refractivity contribution in [3.63, 3.8) is 0 Å². The summed E-state index contributed by atoms with van der Waals surface area (Å²) in [6, 6.07) is 9.40. The third-order valence-corrected chi connectivity index (χ3v) is 4.57. The first kappa shape index (κ1) is 12.9. The van der Waals surface area contributed by atoms with E-state index in [4.69, 9.17) is 5.73 Å². The number of hydrogen-bond acceptors (Lipinski definition) is 3. The van der Waals surface area contributed by atoms with Crippen LogP contribution in [0.4, 0.5) is 0 Å². The molecule has 3 heteroatoms. The lowest BCUT2D eigenvalue weighted by Gasteiger charge is -2.32. The molecule has 0 bridgehead atoms. The minimum absolute atomic E-state index is 0.324. The highest BCUT2D eigenvalue weighted by molar-refractivity contribution is 7.98. The van der Waals surface area contributed by atoms with Gasteiger partial charge < -0.3 is 10.6 Å². The third kappa shape index (κ3) is 2.51. The predicted molar refractivity (Wildman–Crippen MR) is 75.4 cm³/mol. The summed E-state index contributed by atoms with van der Waals surface area (Å²) in [4.78, 5) is 3.64. The molecular weight excluding hydrogens is 228 g/mol. The molecule has 0 aromatic heterocycles. The summed E-state index contributed by atoms with van der Waals surface area (Å²) >= 11 is 1.79. The molecule has 0 aliphatic heterocycles. The van der Waals surface area contributed by atoms with Crippen molar-refractivity contribution < 1.29 is 0 Å². The Morgan fingerprint density at radius 3 is 2.24 bits per heavy atom. The van der Waals surface area contributed by atoms with Gasteiger partial charge in [0.25, 0.3) is 0 Å². The second-order valence-electron chi connectivity index (χ2n) is 5.21. The normalized spacial score (nSPS) is 19.4. The van der Waals surface area contributed by atoms with Gasteiger partial charge in [-0.25, -0.2) is 0 Å². The van der Waals surface area contributed by atoms with Gasteiger partial charge in [-0.1, -0.05) is 12.1 Å². The Balaban J connectivity index is 2.27. The third-order valence-electron chi connectivity index (χ3n) is 3.83. The van der Waals surface area contributed by atoms with E-state index in [2.05, 4.69) is 49.5 Å². The number of hydrogen-bond donors (Lipinski definition) is 1. The van der Waals surface area contributed by atoms with Crippen LogP contribution in [0.2, 0.25) is 0 Å². The Morgan fingerprint density at radius 1 is 1.29 bits per heavy atom. The summed E-state index contributed by atoms with van der Waals surface area (Å²) in [5, 5.41) is 0. The quantitative estimate of drug-likeness (QED) is 0.815. The SMILES string of the molecule is CSc1ccc(C(N(C)C)C2(CN)CC2)cc1. The van der Waals surface area contributed by atoms with Gasteiger partial charge in [-0.15, -0.1) is 11.8 Å². The van der Waals surface area contributed by atoms with Crippen LogP contribution in [0.25, 0.3) is 0 Å². The van der Waals surface area contributed by atoms with Crippen molar-refractivity contribution in [1.82, 2.24) is 4.90 Å². The van der Waals surface area contributed by atoms with Crippen molar-refractivity contribution in [3.8, 4) is 0 Å². The van der Waals surface area contributed by atoms with Gasteiger partial charge in [0.2, 0.25) is 0 Å². The number of rotatable bonds is 5. The molecule has 2 N–H and O–H groups in total. The number of nitrogens with zero attached hydrogens (tertiary/aromatic N) is 1. The maximum Gasteiger partial charge on any atom is 0.0410 e. The van der Waals surface area contributed by atoms with E-state index < -0.39 is 0 Å². The van der Waals surface area contributed by atoms with Crippen LogP contribution in [0.15, 0.2) is 29.2 Å². The van der Waals surface area contributed by atoms with E-state index in [9.17, 15) is 0 Å². The van der Waals surface area contributed by atoms with E-state index in [1.54, 1.807) is 11.8 Å². The van der Waals surface area contributed by atoms with Crippen molar-refractivity contribution in [3.05, 3.63) is 29.8 Å². The fourth-order valence-electron chi connectivity index (χ4n) is 2.74. The highest BCUT2D eigenvalue weighted by Crippen LogP contribution is 2.55. The Hall–Kier alpha value is -0.510. The molecular formula is C14H22N2S. The van der Waals surface area contributed by atoms with Crippen LogP contribution in [0.5, 0.6) is 0 Å². The Kier molecular flexibility index (Phi) is 3.81. The van der Waals surface area contributed by atoms with E-state index in [-0.39, 0.29) is 0 Å². The fourth-order valence-corrected chi connectivity index (χ4v) is 3.14. The molecule has 1 fully saturated rings. The van der Waals surface area contributed by atoms with E-state index in [0.29, 0.717) is 11.5 Å². The van der Waals surface area contributed by atoms with Gasteiger partial charge in [0.05, 0.1) is 0 Å². The zero-order valence-corrected chi connectivity index (χ0v) is 11.8. The van der Waals surface area contributed by atoms with Gasteiger partial charge in [0.1, 0.15) is 0 Å². The Morgan fingerprint density at radius 2 is 1.88 bits per heavy atom. The maximum atomic E-state index is 5.97. The molecule has 94 valence electrons. The summed E-state index contributed by atoms with van der Waals surface area (Å²) in [5.74, 6) is 0. The van der Waals surface area contributed by atoms with Crippen molar-refractivity contribution >= 4 is 11.8 Å². The first-order valence-corrected chi connectivity index (χ1v) is 7.36. The van der Waals surface area contributed by atoms with Crippen molar-refractivity contribution in [1.29, 1.82) is 0 Å². The fraction of sp³-hybridized carbons (Fsp3) is 0.571. The highest BCUT2D eigenvalue weighted by atomic mass is 32.2. The molecule has 17 heavy (non-hydrogen) atoms. The van der Waals surface area contributed by atoms with Crippen molar-refractivity contribution in [2.45, 2.75) is 23.8 Å². The van der Waals surface area contributed by atoms with Crippen molar-refractivity contribution in [2.24, 2.45) is 11.1 Å². The lowest BCUT2D eigenvalue weighted by Crippen LogP contribution is -2.33. The largest absolute Gasteiger partial charge is 0.330 e. The molecule has 1 aromatic rings. The molecule has 0 saturated heterocycles. The van der Waals surface area contributed by atoms with Gasteiger partial charge in [0, 0.05) is 16.4 Å². The van der Waals surface area contributed by atoms with Crippen LogP contribution in [-0.4, -0.2) is 31.8 Å². The molecule has 0 heterocycles. The molecule has 1 aliphatic rings. The zero-order chi connectivity index (χ0) is 12.5. The number of benzene rings is 1. The van der Waals surface area contributed by atoms with Gasteiger partial charge in [-0.3, -0.25) is 0 Å². The van der Waals surface area contributed by atoms with Gasteiger partial charge in [-0.2, -0.15) is 0 Å². The summed E-state index contributed by atoms with van der Waals surface area (Å²) in [6.07, 6.45) is 4.63. The van der Waals surface area contributed by atoms with E-state index in [0.717, 1.165) is 6.54 Å². The summed E-state index contributed by atoms with van der Waals surface area (Å²) in [7, 11) is 4.31. The highest BCUT2D eigenvalue weighted by Gasteiger charge is 2.49. The van der Waals surface area contributed by atoms with Crippen LogP contribution in [0.3, 0.4) is 0 Å². The van der Waals surface area contributed by atoms with E-state index in [1.165, 1.54) is 23.3 Å². The molecule has 0 amide bonds. The van der Waals surface area contributed by atoms with Crippen LogP contribution in [0, 0.1) is 5.41 Å². The average Bonchev–Trinajstić information content (AvgIpc) is 3.11. The summed E-state index contributed by atoms with van der Waals surface area (Å²) in [5.41, 5.74) is 7.69. The monoisotopic (exact) mass is 250 g/mol. The van der Waals surface area contributed by atoms with Crippen LogP contribution in [0.1, 0.15) is 24.4 Å². The van der Waals surface area contributed by atoms with Crippen LogP contribution in [-0.2, 0) is 0 Å². The topological polar surface area (TPSA) is 29.3 Å². The molecule has 0 radical (unpaired) electrons. The molecule has 1 atom stereocenters. The Labute approximate surface area is 109 Å². The van der Waals surface area contributed by atoms with Crippen LogP contribution < -0.4 is 5.73 Å². The number of thioether (sulfide) groups is 1. The minimum atomic E-state index is 0.324. The van der Waals surface area contributed by atoms with E-state index in [1.807, 2.05) is 0 Å². The lowest BCUT2D eigenvalue weighted by molar-refractivity contribution is 0.198. The Bertz CT molecular complexity index is 368. The zero-order valence-electron chi connectivity index (χ0n) is 10.9. The van der Waals surface area contributed by atoms with Gasteiger partial charge >= 0.3 is 0 Å². The first-order valence-electron chi connectivity index (χ1n) is 6.13. The summed E-state index contributed by atoms with van der Waals surface area (Å²) < 4.78 is 0. The number of nitrogens with two attached hydrogens (primary N) is 1. The molecule has 1 unspecified atom stereocenters. The smallest absolute Gasteiger partial charge is 0.0410 e. The van der Waals surface area contributed by atoms with Gasteiger partial charge in [0.15, 0.2) is 0 Å². The first-order chi connectivity index (χ1) is 8.13. The summed E-state index contributed by atoms with van der Waals surface area (Å²) in [6.45, 7) is 0.792. The maximum absolute atomic E-state index is 5.97. The molecule has 1 aliphatic carbocycles. The predicted octanol–water partition coefficient (Wildman–Crippen LogP) is 2.75. The molecule has 1 saturated carbocycles. The van der Waals surface area contributed by atoms with Crippen LogP contribution >= 0.6 is 11.8 Å². The molecule has 1 aromatic carbocycles. The average molecular weight is 250 g/mol. The molecule has 0 spiro atoms. The van der Waals surface area contributed by atoms with Gasteiger partial charge in [-0.05, 0) is 57.4 Å².